The Labute approximate surface area is 119 Å². The van der Waals surface area contributed by atoms with Gasteiger partial charge in [0.05, 0.1) is 0 Å². The van der Waals surface area contributed by atoms with Gasteiger partial charge in [0.25, 0.3) is 0 Å². The first-order chi connectivity index (χ1) is 9.13. The molecule has 0 aliphatic rings. The summed E-state index contributed by atoms with van der Waals surface area (Å²) in [7, 11) is 0. The fourth-order valence-electron chi connectivity index (χ4n) is 2.10. The van der Waals surface area contributed by atoms with Crippen LogP contribution in [0.15, 0.2) is 57.4 Å². The minimum Gasteiger partial charge on any atom is -0.458 e. The predicted octanol–water partition coefficient (Wildman–Crippen LogP) is 4.92. The van der Waals surface area contributed by atoms with Gasteiger partial charge >= 0.3 is 0 Å². The molecular weight excluding hydrogens is 304 g/mol. The van der Waals surface area contributed by atoms with Crippen LogP contribution in [0.4, 0.5) is 0 Å². The molecule has 1 N–H and O–H groups in total. The molecular formula is C16H13BrO2. The van der Waals surface area contributed by atoms with Gasteiger partial charge < -0.3 is 9.52 Å². The molecule has 1 heterocycles. The third kappa shape index (κ3) is 2.44. The molecule has 1 atom stereocenters. The highest BCUT2D eigenvalue weighted by atomic mass is 79.9. The van der Waals surface area contributed by atoms with Crippen molar-refractivity contribution in [2.75, 3.05) is 0 Å². The molecule has 96 valence electrons. The summed E-state index contributed by atoms with van der Waals surface area (Å²) >= 11 is 3.47. The van der Waals surface area contributed by atoms with Gasteiger partial charge in [0, 0.05) is 10.0 Å². The molecule has 0 saturated carbocycles. The molecule has 0 spiro atoms. The normalized spacial score (nSPS) is 12.8. The van der Waals surface area contributed by atoms with E-state index in [4.69, 9.17) is 4.42 Å². The molecule has 3 aromatic rings. The fourth-order valence-corrected chi connectivity index (χ4v) is 2.48. The maximum atomic E-state index is 9.49. The Morgan fingerprint density at radius 2 is 1.74 bits per heavy atom. The van der Waals surface area contributed by atoms with Crippen LogP contribution in [0.1, 0.15) is 18.8 Å². The van der Waals surface area contributed by atoms with Crippen LogP contribution in [-0.2, 0) is 0 Å². The average molecular weight is 317 g/mol. The summed E-state index contributed by atoms with van der Waals surface area (Å²) < 4.78 is 6.72. The Kier molecular flexibility index (Phi) is 3.17. The van der Waals surface area contributed by atoms with Crippen molar-refractivity contribution < 1.29 is 9.52 Å². The largest absolute Gasteiger partial charge is 0.458 e. The standard InChI is InChI=1S/C16H13BrO2/c1-10(18)15-6-7-16(19-15)13-3-2-12-9-14(17)5-4-11(12)8-13/h2-10,18H,1H3. The minimum absolute atomic E-state index is 0.579. The van der Waals surface area contributed by atoms with Gasteiger partial charge in [0.15, 0.2) is 0 Å². The van der Waals surface area contributed by atoms with Crippen LogP contribution in [0.3, 0.4) is 0 Å². The number of furan rings is 1. The zero-order chi connectivity index (χ0) is 13.4. The molecule has 0 aliphatic carbocycles. The molecule has 2 nitrogen and oxygen atoms in total. The average Bonchev–Trinajstić information content (AvgIpc) is 2.88. The molecule has 0 amide bonds. The van der Waals surface area contributed by atoms with E-state index in [2.05, 4.69) is 40.2 Å². The third-order valence-corrected chi connectivity index (χ3v) is 3.62. The SMILES string of the molecule is CC(O)c1ccc(-c2ccc3cc(Br)ccc3c2)o1. The Morgan fingerprint density at radius 3 is 2.47 bits per heavy atom. The van der Waals surface area contributed by atoms with Gasteiger partial charge in [0.1, 0.15) is 17.6 Å². The lowest BCUT2D eigenvalue weighted by molar-refractivity contribution is 0.170. The zero-order valence-electron chi connectivity index (χ0n) is 10.4. The first kappa shape index (κ1) is 12.5. The van der Waals surface area contributed by atoms with E-state index in [0.717, 1.165) is 21.2 Å². The van der Waals surface area contributed by atoms with Crippen molar-refractivity contribution >= 4 is 26.7 Å². The smallest absolute Gasteiger partial charge is 0.134 e. The molecule has 1 aromatic heterocycles. The number of rotatable bonds is 2. The summed E-state index contributed by atoms with van der Waals surface area (Å²) in [5, 5.41) is 11.8. The second-order valence-corrected chi connectivity index (χ2v) is 5.50. The molecule has 0 bridgehead atoms. The number of aliphatic hydroxyl groups excluding tert-OH is 1. The molecule has 3 heteroatoms. The predicted molar refractivity (Wildman–Crippen MR) is 80.0 cm³/mol. The van der Waals surface area contributed by atoms with E-state index < -0.39 is 6.10 Å². The van der Waals surface area contributed by atoms with E-state index in [1.165, 1.54) is 5.39 Å². The summed E-state index contributed by atoms with van der Waals surface area (Å²) in [4.78, 5) is 0. The van der Waals surface area contributed by atoms with Gasteiger partial charge in [0.2, 0.25) is 0 Å². The second-order valence-electron chi connectivity index (χ2n) is 4.58. The van der Waals surface area contributed by atoms with Gasteiger partial charge in [-0.3, -0.25) is 0 Å². The summed E-state index contributed by atoms with van der Waals surface area (Å²) in [5.74, 6) is 1.37. The van der Waals surface area contributed by atoms with Crippen molar-refractivity contribution in [3.8, 4) is 11.3 Å². The Balaban J connectivity index is 2.07. The maximum Gasteiger partial charge on any atom is 0.134 e. The van der Waals surface area contributed by atoms with E-state index in [0.29, 0.717) is 5.76 Å². The fraction of sp³-hybridized carbons (Fsp3) is 0.125. The van der Waals surface area contributed by atoms with Gasteiger partial charge in [-0.15, -0.1) is 0 Å². The van der Waals surface area contributed by atoms with Crippen LogP contribution >= 0.6 is 15.9 Å². The lowest BCUT2D eigenvalue weighted by Crippen LogP contribution is -1.85. The van der Waals surface area contributed by atoms with E-state index in [-0.39, 0.29) is 0 Å². The third-order valence-electron chi connectivity index (χ3n) is 3.13. The molecule has 0 radical (unpaired) electrons. The van der Waals surface area contributed by atoms with Gasteiger partial charge in [-0.25, -0.2) is 0 Å². The molecule has 3 rings (SSSR count). The Hall–Kier alpha value is -1.58. The van der Waals surface area contributed by atoms with Gasteiger partial charge in [-0.1, -0.05) is 34.1 Å². The quantitative estimate of drug-likeness (QED) is 0.728. The van der Waals surface area contributed by atoms with E-state index in [1.807, 2.05) is 24.3 Å². The van der Waals surface area contributed by atoms with Crippen molar-refractivity contribution in [3.63, 3.8) is 0 Å². The summed E-state index contributed by atoms with van der Waals surface area (Å²) in [6.07, 6.45) is -0.579. The Bertz CT molecular complexity index is 728. The highest BCUT2D eigenvalue weighted by Gasteiger charge is 2.09. The molecule has 0 saturated heterocycles. The van der Waals surface area contributed by atoms with Crippen molar-refractivity contribution in [3.05, 3.63) is 58.8 Å². The number of hydrogen-bond acceptors (Lipinski definition) is 2. The maximum absolute atomic E-state index is 9.49. The van der Waals surface area contributed by atoms with Crippen molar-refractivity contribution in [2.45, 2.75) is 13.0 Å². The number of hydrogen-bond donors (Lipinski definition) is 1. The van der Waals surface area contributed by atoms with E-state index in [1.54, 1.807) is 6.92 Å². The van der Waals surface area contributed by atoms with Crippen LogP contribution in [0.25, 0.3) is 22.1 Å². The Morgan fingerprint density at radius 1 is 1.00 bits per heavy atom. The van der Waals surface area contributed by atoms with E-state index >= 15 is 0 Å². The lowest BCUT2D eigenvalue weighted by Gasteiger charge is -2.03. The lowest BCUT2D eigenvalue weighted by atomic mass is 10.1. The number of aliphatic hydroxyl groups is 1. The highest BCUT2D eigenvalue weighted by Crippen LogP contribution is 2.29. The summed E-state index contributed by atoms with van der Waals surface area (Å²) in [6, 6.07) is 16.1. The van der Waals surface area contributed by atoms with Crippen LogP contribution in [-0.4, -0.2) is 5.11 Å². The van der Waals surface area contributed by atoms with Crippen LogP contribution in [0, 0.1) is 0 Å². The summed E-state index contributed by atoms with van der Waals surface area (Å²) in [6.45, 7) is 1.69. The zero-order valence-corrected chi connectivity index (χ0v) is 12.0. The first-order valence-electron chi connectivity index (χ1n) is 6.11. The number of halogens is 1. The molecule has 0 aliphatic heterocycles. The van der Waals surface area contributed by atoms with E-state index in [9.17, 15) is 5.11 Å². The summed E-state index contributed by atoms with van der Waals surface area (Å²) in [5.41, 5.74) is 1.02. The van der Waals surface area contributed by atoms with Crippen LogP contribution in [0.5, 0.6) is 0 Å². The molecule has 2 aromatic carbocycles. The second kappa shape index (κ2) is 4.83. The first-order valence-corrected chi connectivity index (χ1v) is 6.90. The van der Waals surface area contributed by atoms with Crippen LogP contribution < -0.4 is 0 Å². The highest BCUT2D eigenvalue weighted by molar-refractivity contribution is 9.10. The van der Waals surface area contributed by atoms with Crippen molar-refractivity contribution in [2.24, 2.45) is 0 Å². The topological polar surface area (TPSA) is 33.4 Å². The molecule has 0 fully saturated rings. The number of fused-ring (bicyclic) bond motifs is 1. The molecule has 19 heavy (non-hydrogen) atoms. The molecule has 1 unspecified atom stereocenters. The van der Waals surface area contributed by atoms with Gasteiger partial charge in [-0.2, -0.15) is 0 Å². The number of benzene rings is 2. The van der Waals surface area contributed by atoms with Gasteiger partial charge in [-0.05, 0) is 48.0 Å². The van der Waals surface area contributed by atoms with Crippen LogP contribution in [0.2, 0.25) is 0 Å². The minimum atomic E-state index is -0.579. The van der Waals surface area contributed by atoms with Crippen molar-refractivity contribution in [1.82, 2.24) is 0 Å². The monoisotopic (exact) mass is 316 g/mol. The van der Waals surface area contributed by atoms with Crippen molar-refractivity contribution in [1.29, 1.82) is 0 Å².